The molecule has 0 aliphatic heterocycles. The van der Waals surface area contributed by atoms with Gasteiger partial charge in [-0.15, -0.1) is 0 Å². The highest BCUT2D eigenvalue weighted by Gasteiger charge is 2.27. The van der Waals surface area contributed by atoms with Gasteiger partial charge in [-0.2, -0.15) is 0 Å². The highest BCUT2D eigenvalue weighted by Crippen LogP contribution is 2.36. The van der Waals surface area contributed by atoms with Gasteiger partial charge in [0.25, 0.3) is 5.91 Å². The fraction of sp³-hybridized carbons (Fsp3) is 0.167. The molecule has 0 radical (unpaired) electrons. The van der Waals surface area contributed by atoms with Crippen LogP contribution in [0.5, 0.6) is 5.75 Å². The van der Waals surface area contributed by atoms with E-state index in [9.17, 15) is 9.59 Å². The van der Waals surface area contributed by atoms with Crippen LogP contribution in [0, 0.1) is 0 Å². The Morgan fingerprint density at radius 2 is 1.61 bits per heavy atom. The summed E-state index contributed by atoms with van der Waals surface area (Å²) >= 11 is 0. The molecule has 0 heterocycles. The molecule has 4 rings (SSSR count). The molecule has 0 fully saturated rings. The van der Waals surface area contributed by atoms with Crippen LogP contribution in [-0.4, -0.2) is 18.3 Å². The standard InChI is InChI=1S/C24H21NO3/c1-3-28-18-11-8-16(9-12-18)15(2)25-24(27)17-10-13-20-19-6-4-5-7-21(19)23(26)22(20)14-17/h4-15H,3H2,1-2H3,(H,25,27). The van der Waals surface area contributed by atoms with Crippen molar-refractivity contribution in [3.63, 3.8) is 0 Å². The van der Waals surface area contributed by atoms with E-state index in [4.69, 9.17) is 4.74 Å². The van der Waals surface area contributed by atoms with Crippen LogP contribution < -0.4 is 10.1 Å². The van der Waals surface area contributed by atoms with Gasteiger partial charge < -0.3 is 10.1 Å². The molecule has 140 valence electrons. The van der Waals surface area contributed by atoms with Gasteiger partial charge in [-0.25, -0.2) is 0 Å². The van der Waals surface area contributed by atoms with Crippen LogP contribution in [0.25, 0.3) is 11.1 Å². The summed E-state index contributed by atoms with van der Waals surface area (Å²) in [5.41, 5.74) is 4.56. The first-order valence-corrected chi connectivity index (χ1v) is 9.40. The highest BCUT2D eigenvalue weighted by molar-refractivity contribution is 6.22. The minimum absolute atomic E-state index is 0.0280. The van der Waals surface area contributed by atoms with Crippen molar-refractivity contribution in [2.75, 3.05) is 6.61 Å². The number of amides is 1. The number of nitrogens with one attached hydrogen (secondary N) is 1. The highest BCUT2D eigenvalue weighted by atomic mass is 16.5. The van der Waals surface area contributed by atoms with Gasteiger partial charge in [0.05, 0.1) is 12.6 Å². The maximum atomic E-state index is 12.7. The molecule has 3 aromatic rings. The predicted octanol–water partition coefficient (Wildman–Crippen LogP) is 4.79. The third-order valence-corrected chi connectivity index (χ3v) is 5.03. The van der Waals surface area contributed by atoms with E-state index in [1.807, 2.05) is 68.4 Å². The van der Waals surface area contributed by atoms with Gasteiger partial charge in [0.2, 0.25) is 0 Å². The lowest BCUT2D eigenvalue weighted by Crippen LogP contribution is -2.26. The zero-order valence-corrected chi connectivity index (χ0v) is 15.9. The molecule has 1 atom stereocenters. The summed E-state index contributed by atoms with van der Waals surface area (Å²) in [7, 11) is 0. The summed E-state index contributed by atoms with van der Waals surface area (Å²) in [5, 5.41) is 3.00. The number of benzene rings is 3. The molecule has 0 saturated heterocycles. The zero-order chi connectivity index (χ0) is 19.7. The molecule has 4 nitrogen and oxygen atoms in total. The number of hydrogen-bond acceptors (Lipinski definition) is 3. The number of ketones is 1. The fourth-order valence-electron chi connectivity index (χ4n) is 3.55. The minimum Gasteiger partial charge on any atom is -0.494 e. The van der Waals surface area contributed by atoms with Crippen LogP contribution in [0.3, 0.4) is 0 Å². The fourth-order valence-corrected chi connectivity index (χ4v) is 3.55. The Balaban J connectivity index is 1.52. The van der Waals surface area contributed by atoms with Gasteiger partial charge in [0.1, 0.15) is 5.75 Å². The molecule has 0 bridgehead atoms. The maximum absolute atomic E-state index is 12.7. The van der Waals surface area contributed by atoms with Gasteiger partial charge in [-0.05, 0) is 54.8 Å². The number of ether oxygens (including phenoxy) is 1. The summed E-state index contributed by atoms with van der Waals surface area (Å²) in [6.07, 6.45) is 0. The third-order valence-electron chi connectivity index (χ3n) is 5.03. The van der Waals surface area contributed by atoms with E-state index in [0.717, 1.165) is 22.4 Å². The summed E-state index contributed by atoms with van der Waals surface area (Å²) in [5.74, 6) is 0.578. The maximum Gasteiger partial charge on any atom is 0.251 e. The second-order valence-corrected chi connectivity index (χ2v) is 6.83. The summed E-state index contributed by atoms with van der Waals surface area (Å²) in [6.45, 7) is 4.49. The Bertz CT molecular complexity index is 1050. The van der Waals surface area contributed by atoms with E-state index < -0.39 is 0 Å². The van der Waals surface area contributed by atoms with Crippen molar-refractivity contribution >= 4 is 11.7 Å². The van der Waals surface area contributed by atoms with Crippen LogP contribution in [0.15, 0.2) is 66.7 Å². The number of carbonyl (C=O) groups is 2. The van der Waals surface area contributed by atoms with Crippen molar-refractivity contribution in [1.29, 1.82) is 0 Å². The van der Waals surface area contributed by atoms with Crippen LogP contribution >= 0.6 is 0 Å². The zero-order valence-electron chi connectivity index (χ0n) is 15.9. The van der Waals surface area contributed by atoms with Crippen LogP contribution in [0.2, 0.25) is 0 Å². The Morgan fingerprint density at radius 3 is 2.32 bits per heavy atom. The summed E-state index contributed by atoms with van der Waals surface area (Å²) in [6, 6.07) is 20.4. The minimum atomic E-state index is -0.201. The second-order valence-electron chi connectivity index (χ2n) is 6.83. The Labute approximate surface area is 164 Å². The van der Waals surface area contributed by atoms with Crippen molar-refractivity contribution in [3.05, 3.63) is 89.0 Å². The van der Waals surface area contributed by atoms with E-state index in [-0.39, 0.29) is 17.7 Å². The van der Waals surface area contributed by atoms with Crippen molar-refractivity contribution in [2.45, 2.75) is 19.9 Å². The number of hydrogen-bond donors (Lipinski definition) is 1. The molecule has 1 N–H and O–H groups in total. The largest absolute Gasteiger partial charge is 0.494 e. The lowest BCUT2D eigenvalue weighted by Gasteiger charge is -2.15. The Morgan fingerprint density at radius 1 is 0.929 bits per heavy atom. The van der Waals surface area contributed by atoms with E-state index in [1.54, 1.807) is 12.1 Å². The van der Waals surface area contributed by atoms with Crippen LogP contribution in [0.4, 0.5) is 0 Å². The number of carbonyl (C=O) groups excluding carboxylic acids is 2. The quantitative estimate of drug-likeness (QED) is 0.549. The van der Waals surface area contributed by atoms with E-state index in [2.05, 4.69) is 5.32 Å². The summed E-state index contributed by atoms with van der Waals surface area (Å²) in [4.78, 5) is 25.4. The first-order valence-electron chi connectivity index (χ1n) is 9.40. The van der Waals surface area contributed by atoms with E-state index in [0.29, 0.717) is 23.3 Å². The van der Waals surface area contributed by atoms with Crippen molar-refractivity contribution < 1.29 is 14.3 Å². The number of fused-ring (bicyclic) bond motifs is 3. The third kappa shape index (κ3) is 3.18. The van der Waals surface area contributed by atoms with Crippen molar-refractivity contribution in [1.82, 2.24) is 5.32 Å². The molecular weight excluding hydrogens is 350 g/mol. The predicted molar refractivity (Wildman–Crippen MR) is 109 cm³/mol. The SMILES string of the molecule is CCOc1ccc(C(C)NC(=O)c2ccc3c(c2)C(=O)c2ccccc2-3)cc1. The summed E-state index contributed by atoms with van der Waals surface area (Å²) < 4.78 is 5.45. The molecule has 28 heavy (non-hydrogen) atoms. The van der Waals surface area contributed by atoms with Gasteiger partial charge >= 0.3 is 0 Å². The van der Waals surface area contributed by atoms with Crippen molar-refractivity contribution in [2.24, 2.45) is 0 Å². The molecule has 1 unspecified atom stereocenters. The van der Waals surface area contributed by atoms with E-state index in [1.165, 1.54) is 0 Å². The average Bonchev–Trinajstić information content (AvgIpc) is 3.01. The first kappa shape index (κ1) is 18.0. The average molecular weight is 371 g/mol. The molecule has 0 aromatic heterocycles. The molecule has 1 aliphatic carbocycles. The molecule has 3 aromatic carbocycles. The van der Waals surface area contributed by atoms with Crippen molar-refractivity contribution in [3.8, 4) is 16.9 Å². The van der Waals surface area contributed by atoms with Crippen LogP contribution in [-0.2, 0) is 0 Å². The molecule has 4 heteroatoms. The Kier molecular flexibility index (Phi) is 4.70. The lowest BCUT2D eigenvalue weighted by molar-refractivity contribution is 0.0940. The first-order chi connectivity index (χ1) is 13.6. The molecule has 1 aliphatic rings. The van der Waals surface area contributed by atoms with Gasteiger partial charge in [0, 0.05) is 16.7 Å². The topological polar surface area (TPSA) is 55.4 Å². The Hall–Kier alpha value is -3.40. The van der Waals surface area contributed by atoms with Gasteiger partial charge in [-0.3, -0.25) is 9.59 Å². The normalized spacial score (nSPS) is 12.9. The molecule has 1 amide bonds. The molecule has 0 saturated carbocycles. The number of rotatable bonds is 5. The van der Waals surface area contributed by atoms with Crippen LogP contribution in [0.1, 0.15) is 51.7 Å². The smallest absolute Gasteiger partial charge is 0.251 e. The molecular formula is C24H21NO3. The second kappa shape index (κ2) is 7.31. The monoisotopic (exact) mass is 371 g/mol. The lowest BCUT2D eigenvalue weighted by atomic mass is 10.0. The van der Waals surface area contributed by atoms with E-state index >= 15 is 0 Å². The molecule has 0 spiro atoms. The van der Waals surface area contributed by atoms with Gasteiger partial charge in [0.15, 0.2) is 5.78 Å². The van der Waals surface area contributed by atoms with Gasteiger partial charge in [-0.1, -0.05) is 42.5 Å².